The Balaban J connectivity index is 1.69. The van der Waals surface area contributed by atoms with Gasteiger partial charge in [-0.3, -0.25) is 10.1 Å². The molecule has 1 N–H and O–H groups in total. The van der Waals surface area contributed by atoms with Gasteiger partial charge in [-0.1, -0.05) is 12.1 Å². The van der Waals surface area contributed by atoms with Gasteiger partial charge in [0, 0.05) is 16.7 Å². The van der Waals surface area contributed by atoms with Gasteiger partial charge < -0.3 is 0 Å². The number of nitrogens with one attached hydrogen (secondary N) is 1. The molecule has 1 aromatic heterocycles. The Morgan fingerprint density at radius 3 is 2.64 bits per heavy atom. The molecule has 0 atom stereocenters. The van der Waals surface area contributed by atoms with Gasteiger partial charge in [-0.25, -0.2) is 13.4 Å². The lowest BCUT2D eigenvalue weighted by molar-refractivity contribution is 0.102. The van der Waals surface area contributed by atoms with Crippen LogP contribution in [0.3, 0.4) is 0 Å². The first kappa shape index (κ1) is 15.2. The van der Waals surface area contributed by atoms with Gasteiger partial charge in [0.25, 0.3) is 5.91 Å². The molecule has 5 nitrogen and oxygen atoms in total. The molecular weight excluding hydrogens is 320 g/mol. The van der Waals surface area contributed by atoms with Crippen LogP contribution in [-0.2, 0) is 28.4 Å². The number of aryl methyl sites for hydroxylation is 2. The minimum absolute atomic E-state index is 0.0197. The molecule has 1 heterocycles. The Hall–Kier alpha value is -1.73. The van der Waals surface area contributed by atoms with E-state index in [1.807, 2.05) is 0 Å². The number of benzene rings is 1. The molecule has 1 aliphatic rings. The van der Waals surface area contributed by atoms with Crippen molar-refractivity contribution in [3.8, 4) is 0 Å². The first-order chi connectivity index (χ1) is 10.4. The fourth-order valence-corrected chi connectivity index (χ4v) is 4.31. The SMILES string of the molecule is CS(=O)(=O)Cc1ccc(C(=O)Nc2nc3c(s2)CCC3)cc1. The number of carbonyl (C=O) groups is 1. The molecular formula is C15H16N2O3S2. The minimum Gasteiger partial charge on any atom is -0.298 e. The number of fused-ring (bicyclic) bond motifs is 1. The summed E-state index contributed by atoms with van der Waals surface area (Å²) >= 11 is 1.53. The van der Waals surface area contributed by atoms with Crippen molar-refractivity contribution in [2.24, 2.45) is 0 Å². The van der Waals surface area contributed by atoms with Crippen LogP contribution in [0.2, 0.25) is 0 Å². The molecule has 116 valence electrons. The number of sulfone groups is 1. The highest BCUT2D eigenvalue weighted by Gasteiger charge is 2.18. The monoisotopic (exact) mass is 336 g/mol. The summed E-state index contributed by atoms with van der Waals surface area (Å²) in [6.07, 6.45) is 4.37. The number of amides is 1. The van der Waals surface area contributed by atoms with Crippen LogP contribution in [0.15, 0.2) is 24.3 Å². The summed E-state index contributed by atoms with van der Waals surface area (Å²) in [7, 11) is -3.07. The molecule has 0 spiro atoms. The quantitative estimate of drug-likeness (QED) is 0.930. The first-order valence-electron chi connectivity index (χ1n) is 6.97. The minimum atomic E-state index is -3.07. The highest BCUT2D eigenvalue weighted by Crippen LogP contribution is 2.30. The molecule has 0 saturated carbocycles. The van der Waals surface area contributed by atoms with Gasteiger partial charge in [0.2, 0.25) is 0 Å². The Morgan fingerprint density at radius 2 is 2.00 bits per heavy atom. The first-order valence-corrected chi connectivity index (χ1v) is 9.85. The van der Waals surface area contributed by atoms with Crippen molar-refractivity contribution in [1.82, 2.24) is 4.98 Å². The maximum Gasteiger partial charge on any atom is 0.257 e. The van der Waals surface area contributed by atoms with E-state index in [0.29, 0.717) is 16.3 Å². The van der Waals surface area contributed by atoms with E-state index >= 15 is 0 Å². The number of anilines is 1. The second kappa shape index (κ2) is 5.81. The average Bonchev–Trinajstić information content (AvgIpc) is 2.98. The third kappa shape index (κ3) is 3.53. The van der Waals surface area contributed by atoms with Crippen molar-refractivity contribution >= 4 is 32.2 Å². The van der Waals surface area contributed by atoms with E-state index in [9.17, 15) is 13.2 Å². The number of hydrogen-bond acceptors (Lipinski definition) is 5. The van der Waals surface area contributed by atoms with Crippen LogP contribution in [0, 0.1) is 0 Å². The largest absolute Gasteiger partial charge is 0.298 e. The molecule has 0 unspecified atom stereocenters. The predicted octanol–water partition coefficient (Wildman–Crippen LogP) is 2.43. The lowest BCUT2D eigenvalue weighted by atomic mass is 10.1. The maximum absolute atomic E-state index is 12.2. The third-order valence-corrected chi connectivity index (χ3v) is 5.39. The molecule has 7 heteroatoms. The third-order valence-electron chi connectivity index (χ3n) is 3.46. The van der Waals surface area contributed by atoms with Gasteiger partial charge in [-0.2, -0.15) is 0 Å². The Morgan fingerprint density at radius 1 is 1.27 bits per heavy atom. The molecule has 3 rings (SSSR count). The van der Waals surface area contributed by atoms with Crippen molar-refractivity contribution < 1.29 is 13.2 Å². The fourth-order valence-electron chi connectivity index (χ4n) is 2.47. The zero-order chi connectivity index (χ0) is 15.7. The van der Waals surface area contributed by atoms with Crippen molar-refractivity contribution in [3.05, 3.63) is 46.0 Å². The van der Waals surface area contributed by atoms with E-state index < -0.39 is 9.84 Å². The Bertz CT molecular complexity index is 786. The lowest BCUT2D eigenvalue weighted by Gasteiger charge is -2.04. The molecule has 0 bridgehead atoms. The number of carbonyl (C=O) groups excluding carboxylic acids is 1. The standard InChI is InChI=1S/C15H16N2O3S2/c1-22(19,20)9-10-5-7-11(8-6-10)14(18)17-15-16-12-3-2-4-13(12)21-15/h5-8H,2-4,9H2,1H3,(H,16,17,18). The van der Waals surface area contributed by atoms with Crippen molar-refractivity contribution in [1.29, 1.82) is 0 Å². The van der Waals surface area contributed by atoms with E-state index in [4.69, 9.17) is 0 Å². The van der Waals surface area contributed by atoms with Crippen LogP contribution in [0.1, 0.15) is 32.9 Å². The summed E-state index contributed by atoms with van der Waals surface area (Å²) in [5.74, 6) is -0.244. The zero-order valence-corrected chi connectivity index (χ0v) is 13.8. The van der Waals surface area contributed by atoms with Gasteiger partial charge in [0.15, 0.2) is 15.0 Å². The predicted molar refractivity (Wildman–Crippen MR) is 87.1 cm³/mol. The Labute approximate surface area is 133 Å². The average molecular weight is 336 g/mol. The van der Waals surface area contributed by atoms with Crippen LogP contribution >= 0.6 is 11.3 Å². The number of hydrogen-bond donors (Lipinski definition) is 1. The van der Waals surface area contributed by atoms with Gasteiger partial charge in [-0.05, 0) is 37.0 Å². The van der Waals surface area contributed by atoms with Crippen LogP contribution in [0.4, 0.5) is 5.13 Å². The van der Waals surface area contributed by atoms with Crippen LogP contribution in [0.5, 0.6) is 0 Å². The normalized spacial score (nSPS) is 13.9. The molecule has 2 aromatic rings. The van der Waals surface area contributed by atoms with Gasteiger partial charge in [0.05, 0.1) is 11.4 Å². The van der Waals surface area contributed by atoms with E-state index in [0.717, 1.165) is 25.0 Å². The van der Waals surface area contributed by atoms with Crippen LogP contribution < -0.4 is 5.32 Å². The molecule has 0 saturated heterocycles. The fraction of sp³-hybridized carbons (Fsp3) is 0.333. The molecule has 1 aliphatic carbocycles. The summed E-state index contributed by atoms with van der Waals surface area (Å²) in [6.45, 7) is 0. The second-order valence-corrected chi connectivity index (χ2v) is 8.69. The summed E-state index contributed by atoms with van der Waals surface area (Å²) in [5.41, 5.74) is 2.27. The molecule has 1 aromatic carbocycles. The van der Waals surface area contributed by atoms with E-state index in [2.05, 4.69) is 10.3 Å². The van der Waals surface area contributed by atoms with Gasteiger partial charge >= 0.3 is 0 Å². The molecule has 0 radical (unpaired) electrons. The molecule has 1 amide bonds. The maximum atomic E-state index is 12.2. The van der Waals surface area contributed by atoms with Gasteiger partial charge in [0.1, 0.15) is 0 Å². The topological polar surface area (TPSA) is 76.1 Å². The smallest absolute Gasteiger partial charge is 0.257 e. The highest BCUT2D eigenvalue weighted by atomic mass is 32.2. The number of aromatic nitrogens is 1. The lowest BCUT2D eigenvalue weighted by Crippen LogP contribution is -2.12. The molecule has 0 aliphatic heterocycles. The van der Waals surface area contributed by atoms with E-state index in [-0.39, 0.29) is 11.7 Å². The van der Waals surface area contributed by atoms with Crippen molar-refractivity contribution in [2.45, 2.75) is 25.0 Å². The second-order valence-electron chi connectivity index (χ2n) is 5.46. The van der Waals surface area contributed by atoms with Crippen LogP contribution in [0.25, 0.3) is 0 Å². The van der Waals surface area contributed by atoms with Crippen LogP contribution in [-0.4, -0.2) is 25.6 Å². The number of rotatable bonds is 4. The summed E-state index contributed by atoms with van der Waals surface area (Å²) in [6, 6.07) is 6.60. The number of nitrogens with zero attached hydrogens (tertiary/aromatic N) is 1. The Kier molecular flexibility index (Phi) is 4.01. The summed E-state index contributed by atoms with van der Waals surface area (Å²) in [4.78, 5) is 17.9. The van der Waals surface area contributed by atoms with E-state index in [1.165, 1.54) is 22.5 Å². The number of thiazole rings is 1. The highest BCUT2D eigenvalue weighted by molar-refractivity contribution is 7.89. The molecule has 22 heavy (non-hydrogen) atoms. The van der Waals surface area contributed by atoms with Crippen molar-refractivity contribution in [2.75, 3.05) is 11.6 Å². The zero-order valence-electron chi connectivity index (χ0n) is 12.1. The van der Waals surface area contributed by atoms with Gasteiger partial charge in [-0.15, -0.1) is 11.3 Å². The molecule has 0 fully saturated rings. The summed E-state index contributed by atoms with van der Waals surface area (Å²) < 4.78 is 22.5. The van der Waals surface area contributed by atoms with Crippen molar-refractivity contribution in [3.63, 3.8) is 0 Å². The summed E-state index contributed by atoms with van der Waals surface area (Å²) in [5, 5.41) is 3.44. The van der Waals surface area contributed by atoms with E-state index in [1.54, 1.807) is 24.3 Å².